The highest BCUT2D eigenvalue weighted by Crippen LogP contribution is 2.30. The molecule has 0 fully saturated rings. The number of aromatic carboxylic acids is 1. The average Bonchev–Trinajstić information content (AvgIpc) is 2.71. The molecule has 0 aliphatic carbocycles. The molecule has 1 aromatic carbocycles. The van der Waals surface area contributed by atoms with Crippen LogP contribution in [0.15, 0.2) is 23.7 Å². The summed E-state index contributed by atoms with van der Waals surface area (Å²) in [6.07, 6.45) is 0. The lowest BCUT2D eigenvalue weighted by molar-refractivity contribution is 0.0692. The van der Waals surface area contributed by atoms with E-state index in [1.165, 1.54) is 16.8 Å². The number of aryl methyl sites for hydroxylation is 1. The Hall–Kier alpha value is -1.39. The van der Waals surface area contributed by atoms with Crippen molar-refractivity contribution in [1.82, 2.24) is 4.98 Å². The SMILES string of the molecule is Cc1ccc(-c2scnc2C(=O)O)cc1Cl. The van der Waals surface area contributed by atoms with E-state index in [0.29, 0.717) is 9.90 Å². The Morgan fingerprint density at radius 1 is 1.50 bits per heavy atom. The van der Waals surface area contributed by atoms with Gasteiger partial charge in [0.25, 0.3) is 0 Å². The third-order valence-electron chi connectivity index (χ3n) is 2.20. The van der Waals surface area contributed by atoms with Gasteiger partial charge in [-0.25, -0.2) is 9.78 Å². The van der Waals surface area contributed by atoms with E-state index in [1.807, 2.05) is 19.1 Å². The van der Waals surface area contributed by atoms with Crippen molar-refractivity contribution >= 4 is 28.9 Å². The Bertz CT molecular complexity index is 551. The zero-order chi connectivity index (χ0) is 11.7. The highest BCUT2D eigenvalue weighted by Gasteiger charge is 2.15. The summed E-state index contributed by atoms with van der Waals surface area (Å²) in [6.45, 7) is 1.90. The van der Waals surface area contributed by atoms with E-state index >= 15 is 0 Å². The van der Waals surface area contributed by atoms with Crippen LogP contribution < -0.4 is 0 Å². The Labute approximate surface area is 101 Å². The quantitative estimate of drug-likeness (QED) is 0.892. The van der Waals surface area contributed by atoms with Crippen molar-refractivity contribution in [1.29, 1.82) is 0 Å². The summed E-state index contributed by atoms with van der Waals surface area (Å²) in [6, 6.07) is 5.47. The molecular weight excluding hydrogens is 246 g/mol. The lowest BCUT2D eigenvalue weighted by Gasteiger charge is -2.02. The molecule has 0 aliphatic rings. The van der Waals surface area contributed by atoms with Crippen LogP contribution in [0.3, 0.4) is 0 Å². The number of benzene rings is 1. The summed E-state index contributed by atoms with van der Waals surface area (Å²) < 4.78 is 0. The van der Waals surface area contributed by atoms with Gasteiger partial charge in [-0.15, -0.1) is 11.3 Å². The first-order chi connectivity index (χ1) is 7.59. The van der Waals surface area contributed by atoms with Gasteiger partial charge in [0.2, 0.25) is 0 Å². The van der Waals surface area contributed by atoms with Crippen molar-refractivity contribution < 1.29 is 9.90 Å². The van der Waals surface area contributed by atoms with Crippen molar-refractivity contribution in [2.75, 3.05) is 0 Å². The third kappa shape index (κ3) is 1.94. The average molecular weight is 254 g/mol. The predicted octanol–water partition coefficient (Wildman–Crippen LogP) is 3.47. The number of carbonyl (C=O) groups is 1. The molecule has 2 rings (SSSR count). The molecule has 1 aromatic heterocycles. The minimum atomic E-state index is -1.02. The van der Waals surface area contributed by atoms with Crippen LogP contribution >= 0.6 is 22.9 Å². The fourth-order valence-electron chi connectivity index (χ4n) is 1.34. The molecule has 3 nitrogen and oxygen atoms in total. The van der Waals surface area contributed by atoms with Crippen molar-refractivity contribution in [2.45, 2.75) is 6.92 Å². The van der Waals surface area contributed by atoms with Crippen LogP contribution in [0, 0.1) is 6.92 Å². The first kappa shape index (κ1) is 11.1. The van der Waals surface area contributed by atoms with Crippen LogP contribution in [0.2, 0.25) is 5.02 Å². The van der Waals surface area contributed by atoms with E-state index in [1.54, 1.807) is 6.07 Å². The van der Waals surface area contributed by atoms with E-state index < -0.39 is 5.97 Å². The highest BCUT2D eigenvalue weighted by molar-refractivity contribution is 7.13. The summed E-state index contributed by atoms with van der Waals surface area (Å²) in [7, 11) is 0. The fraction of sp³-hybridized carbons (Fsp3) is 0.0909. The van der Waals surface area contributed by atoms with E-state index in [2.05, 4.69) is 4.98 Å². The monoisotopic (exact) mass is 253 g/mol. The summed E-state index contributed by atoms with van der Waals surface area (Å²) in [4.78, 5) is 15.4. The van der Waals surface area contributed by atoms with Crippen molar-refractivity contribution in [3.05, 3.63) is 40.0 Å². The van der Waals surface area contributed by atoms with Gasteiger partial charge >= 0.3 is 5.97 Å². The van der Waals surface area contributed by atoms with Crippen molar-refractivity contribution in [3.63, 3.8) is 0 Å². The molecule has 0 bridgehead atoms. The second-order valence-corrected chi connectivity index (χ2v) is 4.56. The lowest BCUT2D eigenvalue weighted by atomic mass is 10.1. The first-order valence-electron chi connectivity index (χ1n) is 4.53. The maximum absolute atomic E-state index is 10.9. The minimum absolute atomic E-state index is 0.0740. The van der Waals surface area contributed by atoms with E-state index in [9.17, 15) is 4.79 Å². The van der Waals surface area contributed by atoms with Gasteiger partial charge in [-0.1, -0.05) is 23.7 Å². The van der Waals surface area contributed by atoms with E-state index in [4.69, 9.17) is 16.7 Å². The molecule has 2 aromatic rings. The van der Waals surface area contributed by atoms with E-state index in [0.717, 1.165) is 11.1 Å². The zero-order valence-electron chi connectivity index (χ0n) is 8.40. The predicted molar refractivity (Wildman–Crippen MR) is 64.3 cm³/mol. The lowest BCUT2D eigenvalue weighted by Crippen LogP contribution is -1.98. The Balaban J connectivity index is 2.54. The van der Waals surface area contributed by atoms with Gasteiger partial charge in [0.05, 0.1) is 10.4 Å². The second kappa shape index (κ2) is 4.23. The van der Waals surface area contributed by atoms with Crippen molar-refractivity contribution in [2.24, 2.45) is 0 Å². The highest BCUT2D eigenvalue weighted by atomic mass is 35.5. The minimum Gasteiger partial charge on any atom is -0.476 e. The number of hydrogen-bond acceptors (Lipinski definition) is 3. The van der Waals surface area contributed by atoms with Gasteiger partial charge in [-0.05, 0) is 24.1 Å². The molecule has 0 amide bonds. The number of hydrogen-bond donors (Lipinski definition) is 1. The number of carboxylic acids is 1. The molecule has 0 unspecified atom stereocenters. The molecule has 0 saturated carbocycles. The van der Waals surface area contributed by atoms with Gasteiger partial charge in [-0.3, -0.25) is 0 Å². The Morgan fingerprint density at radius 2 is 2.25 bits per heavy atom. The van der Waals surface area contributed by atoms with Crippen molar-refractivity contribution in [3.8, 4) is 10.4 Å². The molecule has 0 saturated heterocycles. The number of thiazole rings is 1. The van der Waals surface area contributed by atoms with Gasteiger partial charge < -0.3 is 5.11 Å². The molecule has 82 valence electrons. The molecule has 0 aliphatic heterocycles. The number of carboxylic acid groups (broad SMARTS) is 1. The molecule has 5 heteroatoms. The summed E-state index contributed by atoms with van der Waals surface area (Å²) in [5.74, 6) is -1.02. The molecule has 0 atom stereocenters. The fourth-order valence-corrected chi connectivity index (χ4v) is 2.30. The van der Waals surface area contributed by atoms with Gasteiger partial charge in [0.1, 0.15) is 0 Å². The summed E-state index contributed by atoms with van der Waals surface area (Å²) in [5, 5.41) is 9.58. The van der Waals surface area contributed by atoms with E-state index in [-0.39, 0.29) is 5.69 Å². The number of halogens is 1. The molecule has 0 radical (unpaired) electrons. The van der Waals surface area contributed by atoms with Crippen LogP contribution in [0.4, 0.5) is 0 Å². The Morgan fingerprint density at radius 3 is 2.88 bits per heavy atom. The standard InChI is InChI=1S/C11H8ClNO2S/c1-6-2-3-7(4-8(6)12)10-9(11(14)15)13-5-16-10/h2-5H,1H3,(H,14,15). The first-order valence-corrected chi connectivity index (χ1v) is 5.78. The van der Waals surface area contributed by atoms with Crippen LogP contribution in [-0.2, 0) is 0 Å². The largest absolute Gasteiger partial charge is 0.476 e. The molecule has 1 N–H and O–H groups in total. The van der Waals surface area contributed by atoms with Crippen LogP contribution in [0.1, 0.15) is 16.1 Å². The second-order valence-electron chi connectivity index (χ2n) is 3.30. The normalized spacial score (nSPS) is 10.4. The van der Waals surface area contributed by atoms with Gasteiger partial charge in [-0.2, -0.15) is 0 Å². The third-order valence-corrected chi connectivity index (χ3v) is 3.49. The maximum atomic E-state index is 10.9. The number of aromatic nitrogens is 1. The number of rotatable bonds is 2. The topological polar surface area (TPSA) is 50.2 Å². The zero-order valence-corrected chi connectivity index (χ0v) is 9.97. The van der Waals surface area contributed by atoms with Gasteiger partial charge in [0, 0.05) is 5.02 Å². The molecule has 16 heavy (non-hydrogen) atoms. The molecular formula is C11H8ClNO2S. The smallest absolute Gasteiger partial charge is 0.356 e. The number of nitrogens with zero attached hydrogens (tertiary/aromatic N) is 1. The Kier molecular flexibility index (Phi) is 2.94. The molecule has 0 spiro atoms. The molecule has 1 heterocycles. The van der Waals surface area contributed by atoms with Crippen LogP contribution in [0.5, 0.6) is 0 Å². The van der Waals surface area contributed by atoms with Crippen LogP contribution in [-0.4, -0.2) is 16.1 Å². The van der Waals surface area contributed by atoms with Crippen LogP contribution in [0.25, 0.3) is 10.4 Å². The summed E-state index contributed by atoms with van der Waals surface area (Å²) >= 11 is 7.29. The maximum Gasteiger partial charge on any atom is 0.356 e. The summed E-state index contributed by atoms with van der Waals surface area (Å²) in [5.41, 5.74) is 3.35. The van der Waals surface area contributed by atoms with Gasteiger partial charge in [0.15, 0.2) is 5.69 Å².